The number of aliphatic imine (C=N–C) groups is 1. The fourth-order valence-electron chi connectivity index (χ4n) is 3.06. The number of anilines is 1. The molecular formula is C22H35IN6O. The number of nitrogens with one attached hydrogen (secondary N) is 3. The van der Waals surface area contributed by atoms with Crippen LogP contribution in [-0.4, -0.2) is 34.7 Å². The zero-order valence-corrected chi connectivity index (χ0v) is 20.6. The van der Waals surface area contributed by atoms with Crippen LogP contribution in [0.15, 0.2) is 47.7 Å². The van der Waals surface area contributed by atoms with Crippen LogP contribution in [0.25, 0.3) is 0 Å². The highest BCUT2D eigenvalue weighted by Crippen LogP contribution is 2.11. The minimum absolute atomic E-state index is 0. The molecule has 1 aromatic heterocycles. The Morgan fingerprint density at radius 1 is 1.23 bits per heavy atom. The van der Waals surface area contributed by atoms with E-state index >= 15 is 0 Å². The van der Waals surface area contributed by atoms with E-state index < -0.39 is 0 Å². The zero-order valence-electron chi connectivity index (χ0n) is 18.2. The average molecular weight is 526 g/mol. The second-order valence-electron chi connectivity index (χ2n) is 7.27. The topological polar surface area (TPSA) is 83.3 Å². The van der Waals surface area contributed by atoms with Gasteiger partial charge >= 0.3 is 0 Å². The highest BCUT2D eigenvalue weighted by molar-refractivity contribution is 14.0. The van der Waals surface area contributed by atoms with Gasteiger partial charge in [-0.25, -0.2) is 0 Å². The molecule has 0 aliphatic heterocycles. The first-order valence-electron chi connectivity index (χ1n) is 10.4. The van der Waals surface area contributed by atoms with E-state index in [-0.39, 0.29) is 36.4 Å². The average Bonchev–Trinajstić information content (AvgIpc) is 3.21. The van der Waals surface area contributed by atoms with Crippen molar-refractivity contribution >= 4 is 41.5 Å². The Morgan fingerprint density at radius 3 is 2.77 bits per heavy atom. The van der Waals surface area contributed by atoms with Crippen LogP contribution in [0.3, 0.4) is 0 Å². The number of aromatic nitrogens is 2. The van der Waals surface area contributed by atoms with E-state index in [0.717, 1.165) is 23.6 Å². The molecule has 0 fully saturated rings. The molecule has 1 heterocycles. The zero-order chi connectivity index (χ0) is 20.9. The summed E-state index contributed by atoms with van der Waals surface area (Å²) in [7, 11) is 1.78. The summed E-state index contributed by atoms with van der Waals surface area (Å²) >= 11 is 0. The predicted octanol–water partition coefficient (Wildman–Crippen LogP) is 4.16. The first-order chi connectivity index (χ1) is 14.1. The summed E-state index contributed by atoms with van der Waals surface area (Å²) in [5.41, 5.74) is 1.84. The highest BCUT2D eigenvalue weighted by Gasteiger charge is 2.07. The van der Waals surface area contributed by atoms with Gasteiger partial charge in [0.05, 0.1) is 0 Å². The summed E-state index contributed by atoms with van der Waals surface area (Å²) in [6.07, 6.45) is 9.64. The Bertz CT molecular complexity index is 763. The molecule has 0 bridgehead atoms. The summed E-state index contributed by atoms with van der Waals surface area (Å²) in [6.45, 7) is 5.25. The SMILES string of the molecule is CCCCCCC(C)NC(=NC)NCc1cccc(NC(=O)Cn2cccn2)c1.I. The summed E-state index contributed by atoms with van der Waals surface area (Å²) in [4.78, 5) is 16.5. The van der Waals surface area contributed by atoms with Crippen LogP contribution in [0.5, 0.6) is 0 Å². The number of nitrogens with zero attached hydrogens (tertiary/aromatic N) is 3. The lowest BCUT2D eigenvalue weighted by molar-refractivity contribution is -0.116. The van der Waals surface area contributed by atoms with Crippen LogP contribution in [-0.2, 0) is 17.9 Å². The van der Waals surface area contributed by atoms with E-state index in [0.29, 0.717) is 12.6 Å². The second kappa shape index (κ2) is 14.8. The van der Waals surface area contributed by atoms with Crippen molar-refractivity contribution in [2.24, 2.45) is 4.99 Å². The van der Waals surface area contributed by atoms with Gasteiger partial charge in [-0.2, -0.15) is 5.10 Å². The fourth-order valence-corrected chi connectivity index (χ4v) is 3.06. The lowest BCUT2D eigenvalue weighted by atomic mass is 10.1. The number of carbonyl (C=O) groups is 1. The van der Waals surface area contributed by atoms with Crippen molar-refractivity contribution in [3.63, 3.8) is 0 Å². The quantitative estimate of drug-likeness (QED) is 0.178. The Kier molecular flexibility index (Phi) is 12.8. The lowest BCUT2D eigenvalue weighted by Crippen LogP contribution is -2.41. The molecule has 1 amide bonds. The van der Waals surface area contributed by atoms with E-state index in [9.17, 15) is 4.79 Å². The number of benzene rings is 1. The highest BCUT2D eigenvalue weighted by atomic mass is 127. The van der Waals surface area contributed by atoms with E-state index in [1.165, 1.54) is 25.7 Å². The molecule has 166 valence electrons. The third-order valence-electron chi connectivity index (χ3n) is 4.63. The molecule has 0 aliphatic rings. The van der Waals surface area contributed by atoms with Crippen molar-refractivity contribution < 1.29 is 4.79 Å². The second-order valence-corrected chi connectivity index (χ2v) is 7.27. The Balaban J connectivity index is 0.00000450. The van der Waals surface area contributed by atoms with Crippen LogP contribution in [0.2, 0.25) is 0 Å². The molecule has 0 aliphatic carbocycles. The van der Waals surface area contributed by atoms with Gasteiger partial charge in [-0.3, -0.25) is 14.5 Å². The van der Waals surface area contributed by atoms with Crippen molar-refractivity contribution in [3.8, 4) is 0 Å². The third kappa shape index (κ3) is 10.1. The summed E-state index contributed by atoms with van der Waals surface area (Å²) in [5, 5.41) is 13.8. The standard InChI is InChI=1S/C22H34N6O.HI/c1-4-5-6-7-10-18(2)26-22(23-3)24-16-19-11-8-12-20(15-19)27-21(29)17-28-14-9-13-25-28;/h8-9,11-15,18H,4-7,10,16-17H2,1-3H3,(H,27,29)(H2,23,24,26);1H. The molecular weight excluding hydrogens is 491 g/mol. The molecule has 8 heteroatoms. The smallest absolute Gasteiger partial charge is 0.246 e. The summed E-state index contributed by atoms with van der Waals surface area (Å²) in [6, 6.07) is 9.99. The Labute approximate surface area is 197 Å². The first-order valence-corrected chi connectivity index (χ1v) is 10.4. The first kappa shape index (κ1) is 25.9. The molecule has 0 radical (unpaired) electrons. The number of amides is 1. The maximum Gasteiger partial charge on any atom is 0.246 e. The molecule has 0 saturated carbocycles. The number of hydrogen-bond acceptors (Lipinski definition) is 3. The number of rotatable bonds is 11. The van der Waals surface area contributed by atoms with Gasteiger partial charge in [0, 0.05) is 37.7 Å². The number of halogens is 1. The van der Waals surface area contributed by atoms with Gasteiger partial charge in [0.2, 0.25) is 5.91 Å². The fraction of sp³-hybridized carbons (Fsp3) is 0.500. The van der Waals surface area contributed by atoms with Crippen molar-refractivity contribution in [2.75, 3.05) is 12.4 Å². The van der Waals surface area contributed by atoms with Crippen molar-refractivity contribution in [3.05, 3.63) is 48.3 Å². The number of hydrogen-bond donors (Lipinski definition) is 3. The molecule has 1 unspecified atom stereocenters. The van der Waals surface area contributed by atoms with Crippen LogP contribution in [0, 0.1) is 0 Å². The molecule has 2 rings (SSSR count). The third-order valence-corrected chi connectivity index (χ3v) is 4.63. The van der Waals surface area contributed by atoms with Crippen molar-refractivity contribution in [1.29, 1.82) is 0 Å². The Morgan fingerprint density at radius 2 is 2.07 bits per heavy atom. The van der Waals surface area contributed by atoms with Crippen molar-refractivity contribution in [2.45, 2.75) is 65.1 Å². The minimum atomic E-state index is -0.104. The van der Waals surface area contributed by atoms with Gasteiger partial charge in [0.15, 0.2) is 5.96 Å². The van der Waals surface area contributed by atoms with Crippen LogP contribution in [0.1, 0.15) is 51.5 Å². The monoisotopic (exact) mass is 526 g/mol. The lowest BCUT2D eigenvalue weighted by Gasteiger charge is -2.18. The van der Waals surface area contributed by atoms with Gasteiger partial charge < -0.3 is 16.0 Å². The molecule has 2 aromatic rings. The number of carbonyl (C=O) groups excluding carboxylic acids is 1. The van der Waals surface area contributed by atoms with Gasteiger partial charge in [-0.15, -0.1) is 24.0 Å². The largest absolute Gasteiger partial charge is 0.354 e. The molecule has 3 N–H and O–H groups in total. The van der Waals surface area contributed by atoms with Crippen LogP contribution >= 0.6 is 24.0 Å². The maximum atomic E-state index is 12.1. The predicted molar refractivity (Wildman–Crippen MR) is 134 cm³/mol. The molecule has 7 nitrogen and oxygen atoms in total. The molecule has 0 saturated heterocycles. The Hall–Kier alpha value is -2.10. The summed E-state index contributed by atoms with van der Waals surface area (Å²) < 4.78 is 1.60. The summed E-state index contributed by atoms with van der Waals surface area (Å²) in [5.74, 6) is 0.689. The molecule has 1 atom stereocenters. The maximum absolute atomic E-state index is 12.1. The molecule has 0 spiro atoms. The van der Waals surface area contributed by atoms with E-state index in [1.54, 1.807) is 30.2 Å². The number of guanidine groups is 1. The van der Waals surface area contributed by atoms with Gasteiger partial charge in [0.1, 0.15) is 6.54 Å². The molecule has 30 heavy (non-hydrogen) atoms. The van der Waals surface area contributed by atoms with Gasteiger partial charge in [-0.1, -0.05) is 44.7 Å². The van der Waals surface area contributed by atoms with E-state index in [2.05, 4.69) is 39.9 Å². The van der Waals surface area contributed by atoms with Crippen molar-refractivity contribution in [1.82, 2.24) is 20.4 Å². The normalized spacial score (nSPS) is 12.0. The van der Waals surface area contributed by atoms with Gasteiger partial charge in [0.25, 0.3) is 0 Å². The number of unbranched alkanes of at least 4 members (excludes halogenated alkanes) is 3. The van der Waals surface area contributed by atoms with E-state index in [1.807, 2.05) is 24.3 Å². The van der Waals surface area contributed by atoms with Crippen LogP contribution < -0.4 is 16.0 Å². The minimum Gasteiger partial charge on any atom is -0.354 e. The molecule has 1 aromatic carbocycles. The van der Waals surface area contributed by atoms with Crippen LogP contribution in [0.4, 0.5) is 5.69 Å². The van der Waals surface area contributed by atoms with E-state index in [4.69, 9.17) is 0 Å². The van der Waals surface area contributed by atoms with Gasteiger partial charge in [-0.05, 0) is 37.1 Å².